The number of carbonyl (C=O) groups excluding carboxylic acids is 2. The molecule has 0 aliphatic carbocycles. The summed E-state index contributed by atoms with van der Waals surface area (Å²) in [6, 6.07) is 7.44. The smallest absolute Gasteiger partial charge is 0.373 e. The summed E-state index contributed by atoms with van der Waals surface area (Å²) in [5.41, 5.74) is -1.63. The van der Waals surface area contributed by atoms with E-state index >= 15 is 0 Å². The molecule has 27 heavy (non-hydrogen) atoms. The Balaban J connectivity index is 2.07. The van der Waals surface area contributed by atoms with E-state index in [1.165, 1.54) is 4.90 Å². The van der Waals surface area contributed by atoms with Crippen LogP contribution in [0.15, 0.2) is 24.3 Å². The third kappa shape index (κ3) is 4.26. The van der Waals surface area contributed by atoms with Crippen molar-refractivity contribution in [3.63, 3.8) is 0 Å². The van der Waals surface area contributed by atoms with Gasteiger partial charge in [0, 0.05) is 31.7 Å². The Morgan fingerprint density at radius 3 is 2.26 bits per heavy atom. The van der Waals surface area contributed by atoms with E-state index in [1.54, 1.807) is 14.0 Å². The Labute approximate surface area is 156 Å². The molecule has 5 nitrogen and oxygen atoms in total. The maximum absolute atomic E-state index is 12.9. The molecule has 1 heterocycles. The van der Waals surface area contributed by atoms with Crippen LogP contribution in [0.25, 0.3) is 0 Å². The van der Waals surface area contributed by atoms with Crippen molar-refractivity contribution in [3.8, 4) is 0 Å². The number of hydrogen-bond donors (Lipinski definition) is 1. The number of aliphatic hydroxyl groups is 1. The van der Waals surface area contributed by atoms with E-state index in [0.717, 1.165) is 16.2 Å². The average molecular weight is 386 g/mol. The van der Waals surface area contributed by atoms with Crippen molar-refractivity contribution in [1.29, 1.82) is 0 Å². The summed E-state index contributed by atoms with van der Waals surface area (Å²) in [6.45, 7) is 4.11. The standard InChI is InChI=1S/C19H25F3N2O3/c1-12-5-7-14(8-6-12)23(4)16(25)15-9-10-24(11-13(15)2)17(26)18(3,27)19(20,21)22/h5-8,13,15,27H,9-11H2,1-4H3/t13-,15+,18+/m0/s1. The summed E-state index contributed by atoms with van der Waals surface area (Å²) in [5, 5.41) is 9.60. The zero-order chi connectivity index (χ0) is 20.6. The van der Waals surface area contributed by atoms with Crippen LogP contribution in [-0.4, -0.2) is 53.7 Å². The summed E-state index contributed by atoms with van der Waals surface area (Å²) in [6.07, 6.45) is -4.80. The molecule has 150 valence electrons. The van der Waals surface area contributed by atoms with Gasteiger partial charge in [-0.15, -0.1) is 0 Å². The second kappa shape index (κ2) is 7.50. The van der Waals surface area contributed by atoms with Gasteiger partial charge in [0.25, 0.3) is 5.91 Å². The Kier molecular flexibility index (Phi) is 5.89. The fourth-order valence-corrected chi connectivity index (χ4v) is 3.27. The molecule has 0 spiro atoms. The minimum absolute atomic E-state index is 0.00640. The molecule has 2 rings (SSSR count). The van der Waals surface area contributed by atoms with E-state index in [9.17, 15) is 27.9 Å². The van der Waals surface area contributed by atoms with Crippen LogP contribution < -0.4 is 4.90 Å². The zero-order valence-electron chi connectivity index (χ0n) is 15.9. The lowest BCUT2D eigenvalue weighted by molar-refractivity contribution is -0.251. The number of likely N-dealkylation sites (tertiary alicyclic amines) is 1. The number of anilines is 1. The van der Waals surface area contributed by atoms with Gasteiger partial charge in [-0.2, -0.15) is 13.2 Å². The number of piperidine rings is 1. The summed E-state index contributed by atoms with van der Waals surface area (Å²) in [7, 11) is 1.66. The van der Waals surface area contributed by atoms with Gasteiger partial charge >= 0.3 is 6.18 Å². The van der Waals surface area contributed by atoms with E-state index in [0.29, 0.717) is 6.92 Å². The quantitative estimate of drug-likeness (QED) is 0.869. The molecule has 1 fully saturated rings. The van der Waals surface area contributed by atoms with Gasteiger partial charge in [0.05, 0.1) is 0 Å². The first-order valence-corrected chi connectivity index (χ1v) is 8.79. The molecular formula is C19H25F3N2O3. The van der Waals surface area contributed by atoms with Gasteiger partial charge in [0.1, 0.15) is 0 Å². The molecule has 0 radical (unpaired) electrons. The molecule has 2 amide bonds. The Morgan fingerprint density at radius 1 is 1.22 bits per heavy atom. The number of benzene rings is 1. The van der Waals surface area contributed by atoms with Crippen LogP contribution in [0.3, 0.4) is 0 Å². The first-order valence-electron chi connectivity index (χ1n) is 8.79. The number of alkyl halides is 3. The molecule has 0 unspecified atom stereocenters. The minimum atomic E-state index is -5.05. The number of hydrogen-bond acceptors (Lipinski definition) is 3. The van der Waals surface area contributed by atoms with Gasteiger partial charge in [-0.05, 0) is 38.3 Å². The lowest BCUT2D eigenvalue weighted by atomic mass is 9.85. The summed E-state index contributed by atoms with van der Waals surface area (Å²) in [4.78, 5) is 27.5. The molecule has 1 saturated heterocycles. The van der Waals surface area contributed by atoms with E-state index < -0.39 is 23.6 Å². The molecule has 1 aliphatic heterocycles. The molecule has 0 aromatic heterocycles. The van der Waals surface area contributed by atoms with Crippen LogP contribution in [0.1, 0.15) is 25.8 Å². The number of rotatable bonds is 3. The zero-order valence-corrected chi connectivity index (χ0v) is 15.9. The molecule has 1 aromatic carbocycles. The van der Waals surface area contributed by atoms with Gasteiger partial charge in [-0.1, -0.05) is 24.6 Å². The highest BCUT2D eigenvalue weighted by Crippen LogP contribution is 2.34. The van der Waals surface area contributed by atoms with E-state index in [4.69, 9.17) is 0 Å². The van der Waals surface area contributed by atoms with Crippen molar-refractivity contribution in [2.75, 3.05) is 25.0 Å². The van der Waals surface area contributed by atoms with Crippen LogP contribution in [0, 0.1) is 18.8 Å². The van der Waals surface area contributed by atoms with Crippen molar-refractivity contribution in [2.45, 2.75) is 39.0 Å². The number of carbonyl (C=O) groups is 2. The first-order chi connectivity index (χ1) is 12.4. The van der Waals surface area contributed by atoms with Crippen molar-refractivity contribution in [3.05, 3.63) is 29.8 Å². The second-order valence-corrected chi connectivity index (χ2v) is 7.43. The van der Waals surface area contributed by atoms with E-state index in [-0.39, 0.29) is 31.3 Å². The molecule has 1 N–H and O–H groups in total. The molecule has 0 saturated carbocycles. The SMILES string of the molecule is Cc1ccc(N(C)C(=O)[C@@H]2CCN(C(=O)[C@@](C)(O)C(F)(F)F)C[C@@H]2C)cc1. The topological polar surface area (TPSA) is 60.9 Å². The summed E-state index contributed by atoms with van der Waals surface area (Å²) >= 11 is 0. The van der Waals surface area contributed by atoms with Gasteiger partial charge in [-0.3, -0.25) is 9.59 Å². The van der Waals surface area contributed by atoms with Gasteiger partial charge in [-0.25, -0.2) is 0 Å². The second-order valence-electron chi connectivity index (χ2n) is 7.43. The average Bonchev–Trinajstić information content (AvgIpc) is 2.59. The lowest BCUT2D eigenvalue weighted by Gasteiger charge is -2.40. The lowest BCUT2D eigenvalue weighted by Crippen LogP contribution is -2.59. The van der Waals surface area contributed by atoms with Crippen molar-refractivity contribution < 1.29 is 27.9 Å². The predicted molar refractivity (Wildman–Crippen MR) is 95.1 cm³/mol. The number of nitrogens with zero attached hydrogens (tertiary/aromatic N) is 2. The highest BCUT2D eigenvalue weighted by atomic mass is 19.4. The molecule has 1 aromatic rings. The van der Waals surface area contributed by atoms with E-state index in [2.05, 4.69) is 0 Å². The molecule has 1 aliphatic rings. The number of halogens is 3. The largest absolute Gasteiger partial charge is 0.426 e. The van der Waals surface area contributed by atoms with Crippen LogP contribution in [0.2, 0.25) is 0 Å². The normalized spacial score (nSPS) is 22.9. The monoisotopic (exact) mass is 386 g/mol. The third-order valence-corrected chi connectivity index (χ3v) is 5.23. The third-order valence-electron chi connectivity index (χ3n) is 5.23. The van der Waals surface area contributed by atoms with Crippen LogP contribution in [0.5, 0.6) is 0 Å². The first kappa shape index (κ1) is 21.2. The predicted octanol–water partition coefficient (Wildman–Crippen LogP) is 2.76. The van der Waals surface area contributed by atoms with Crippen molar-refractivity contribution in [2.24, 2.45) is 11.8 Å². The van der Waals surface area contributed by atoms with Gasteiger partial charge in [0.2, 0.25) is 11.5 Å². The van der Waals surface area contributed by atoms with Gasteiger partial charge < -0.3 is 14.9 Å². The highest BCUT2D eigenvalue weighted by molar-refractivity contribution is 5.95. The van der Waals surface area contributed by atoms with Crippen LogP contribution in [-0.2, 0) is 9.59 Å². The Hall–Kier alpha value is -2.09. The van der Waals surface area contributed by atoms with Crippen LogP contribution >= 0.6 is 0 Å². The van der Waals surface area contributed by atoms with Crippen molar-refractivity contribution >= 4 is 17.5 Å². The Morgan fingerprint density at radius 2 is 1.78 bits per heavy atom. The maximum atomic E-state index is 12.9. The fourth-order valence-electron chi connectivity index (χ4n) is 3.27. The van der Waals surface area contributed by atoms with E-state index in [1.807, 2.05) is 31.2 Å². The maximum Gasteiger partial charge on any atom is 0.426 e. The highest BCUT2D eigenvalue weighted by Gasteiger charge is 2.57. The molecule has 3 atom stereocenters. The molecule has 8 heteroatoms. The molecular weight excluding hydrogens is 361 g/mol. The Bertz CT molecular complexity index is 701. The van der Waals surface area contributed by atoms with Crippen LogP contribution in [0.4, 0.5) is 18.9 Å². The fraction of sp³-hybridized carbons (Fsp3) is 0.579. The van der Waals surface area contributed by atoms with Gasteiger partial charge in [0.15, 0.2) is 0 Å². The summed E-state index contributed by atoms with van der Waals surface area (Å²) in [5.74, 6) is -2.25. The molecule has 0 bridgehead atoms. The summed E-state index contributed by atoms with van der Waals surface area (Å²) < 4.78 is 38.7. The minimum Gasteiger partial charge on any atom is -0.373 e. The number of amides is 2. The van der Waals surface area contributed by atoms with Crippen molar-refractivity contribution in [1.82, 2.24) is 4.90 Å². The number of aryl methyl sites for hydroxylation is 1.